The van der Waals surface area contributed by atoms with Gasteiger partial charge in [-0.2, -0.15) is 0 Å². The Morgan fingerprint density at radius 3 is 2.74 bits per heavy atom. The molecule has 0 amide bonds. The molecule has 5 nitrogen and oxygen atoms in total. The highest BCUT2D eigenvalue weighted by Gasteiger charge is 2.07. The van der Waals surface area contributed by atoms with Crippen molar-refractivity contribution >= 4 is 28.6 Å². The highest BCUT2D eigenvalue weighted by Crippen LogP contribution is 2.22. The second-order valence-corrected chi connectivity index (χ2v) is 6.42. The van der Waals surface area contributed by atoms with Crippen LogP contribution in [0.3, 0.4) is 0 Å². The Bertz CT molecular complexity index is 1010. The van der Waals surface area contributed by atoms with Crippen LogP contribution in [-0.2, 0) is 5.75 Å². The Hall–Kier alpha value is -2.47. The summed E-state index contributed by atoms with van der Waals surface area (Å²) in [4.78, 5) is 18.1. The lowest BCUT2D eigenvalue weighted by molar-refractivity contribution is 1.01. The number of fused-ring (bicyclic) bond motifs is 2. The van der Waals surface area contributed by atoms with Gasteiger partial charge in [0.2, 0.25) is 5.78 Å². The molecule has 4 aromatic rings. The third-order valence-corrected chi connectivity index (χ3v) is 4.54. The number of hydrogen-bond donors (Lipinski definition) is 0. The van der Waals surface area contributed by atoms with Gasteiger partial charge >= 0.3 is 0 Å². The lowest BCUT2D eigenvalue weighted by atomic mass is 10.3. The molecule has 0 aliphatic heterocycles. The van der Waals surface area contributed by atoms with E-state index in [1.165, 1.54) is 0 Å². The first-order valence-corrected chi connectivity index (χ1v) is 8.34. The lowest BCUT2D eigenvalue weighted by Gasteiger charge is -2.00. The van der Waals surface area contributed by atoms with Crippen molar-refractivity contribution in [1.29, 1.82) is 0 Å². The van der Waals surface area contributed by atoms with Crippen LogP contribution in [-0.4, -0.2) is 24.3 Å². The van der Waals surface area contributed by atoms with Gasteiger partial charge in [0.05, 0.1) is 22.9 Å². The van der Waals surface area contributed by atoms with Gasteiger partial charge in [-0.3, -0.25) is 9.38 Å². The van der Waals surface area contributed by atoms with E-state index in [0.717, 1.165) is 44.7 Å². The van der Waals surface area contributed by atoms with Gasteiger partial charge in [0, 0.05) is 23.3 Å². The van der Waals surface area contributed by atoms with Crippen LogP contribution >= 0.6 is 11.8 Å². The number of hydrogen-bond acceptors (Lipinski definition) is 5. The maximum absolute atomic E-state index is 4.63. The van der Waals surface area contributed by atoms with Crippen LogP contribution in [0.15, 0.2) is 47.8 Å². The standard InChI is InChI=1S/C17H15N5S/c1-11-7-12(2)22-9-13(20-17(22)19-11)10-23-16-8-18-14-5-3-4-6-15(14)21-16/h3-9H,10H2,1-2H3. The van der Waals surface area contributed by atoms with Crippen molar-refractivity contribution in [1.82, 2.24) is 24.3 Å². The summed E-state index contributed by atoms with van der Waals surface area (Å²) in [7, 11) is 0. The quantitative estimate of drug-likeness (QED) is 0.540. The van der Waals surface area contributed by atoms with Crippen LogP contribution in [0.4, 0.5) is 0 Å². The van der Waals surface area contributed by atoms with Gasteiger partial charge in [-0.15, -0.1) is 0 Å². The normalized spacial score (nSPS) is 11.4. The second-order valence-electron chi connectivity index (χ2n) is 5.43. The SMILES string of the molecule is Cc1cc(C)n2cc(CSc3cnc4ccccc4n3)nc2n1. The molecule has 0 saturated heterocycles. The molecule has 23 heavy (non-hydrogen) atoms. The molecule has 0 bridgehead atoms. The van der Waals surface area contributed by atoms with Crippen molar-refractivity contribution in [2.45, 2.75) is 24.6 Å². The molecule has 0 N–H and O–H groups in total. The second kappa shape index (κ2) is 5.62. The van der Waals surface area contributed by atoms with E-state index in [4.69, 9.17) is 0 Å². The summed E-state index contributed by atoms with van der Waals surface area (Å²) in [5, 5.41) is 0.904. The number of thioether (sulfide) groups is 1. The predicted molar refractivity (Wildman–Crippen MR) is 91.6 cm³/mol. The average Bonchev–Trinajstić information content (AvgIpc) is 2.96. The Labute approximate surface area is 137 Å². The lowest BCUT2D eigenvalue weighted by Crippen LogP contribution is -1.94. The van der Waals surface area contributed by atoms with E-state index in [2.05, 4.69) is 32.9 Å². The Morgan fingerprint density at radius 1 is 1.04 bits per heavy atom. The molecule has 1 aromatic carbocycles. The van der Waals surface area contributed by atoms with Crippen LogP contribution in [0, 0.1) is 13.8 Å². The number of nitrogens with zero attached hydrogens (tertiary/aromatic N) is 5. The van der Waals surface area contributed by atoms with Crippen molar-refractivity contribution < 1.29 is 0 Å². The minimum Gasteiger partial charge on any atom is -0.288 e. The first kappa shape index (κ1) is 14.1. The van der Waals surface area contributed by atoms with Crippen LogP contribution in [0.5, 0.6) is 0 Å². The maximum atomic E-state index is 4.63. The van der Waals surface area contributed by atoms with E-state index >= 15 is 0 Å². The van der Waals surface area contributed by atoms with E-state index in [-0.39, 0.29) is 0 Å². The Morgan fingerprint density at radius 2 is 1.87 bits per heavy atom. The summed E-state index contributed by atoms with van der Waals surface area (Å²) in [6, 6.07) is 9.95. The molecule has 0 saturated carbocycles. The van der Waals surface area contributed by atoms with Crippen LogP contribution < -0.4 is 0 Å². The van der Waals surface area contributed by atoms with E-state index in [0.29, 0.717) is 0 Å². The molecule has 3 heterocycles. The number of aromatic nitrogens is 5. The highest BCUT2D eigenvalue weighted by atomic mass is 32.2. The Balaban J connectivity index is 1.59. The minimum absolute atomic E-state index is 0.745. The van der Waals surface area contributed by atoms with Crippen LogP contribution in [0.2, 0.25) is 0 Å². The van der Waals surface area contributed by atoms with E-state index in [1.807, 2.05) is 48.0 Å². The molecule has 114 valence electrons. The van der Waals surface area contributed by atoms with E-state index in [1.54, 1.807) is 11.8 Å². The number of para-hydroxylation sites is 2. The van der Waals surface area contributed by atoms with Gasteiger partial charge in [0.1, 0.15) is 5.03 Å². The summed E-state index contributed by atoms with van der Waals surface area (Å²) >= 11 is 1.64. The average molecular weight is 321 g/mol. The molecule has 0 atom stereocenters. The monoisotopic (exact) mass is 321 g/mol. The van der Waals surface area contributed by atoms with Crippen molar-refractivity contribution in [2.24, 2.45) is 0 Å². The molecule has 0 fully saturated rings. The first-order chi connectivity index (χ1) is 11.2. The summed E-state index contributed by atoms with van der Waals surface area (Å²) in [5.41, 5.74) is 4.95. The van der Waals surface area contributed by atoms with Gasteiger partial charge in [-0.05, 0) is 32.0 Å². The molecule has 0 spiro atoms. The zero-order valence-electron chi connectivity index (χ0n) is 12.9. The minimum atomic E-state index is 0.745. The highest BCUT2D eigenvalue weighted by molar-refractivity contribution is 7.98. The fraction of sp³-hybridized carbons (Fsp3) is 0.176. The smallest absolute Gasteiger partial charge is 0.234 e. The van der Waals surface area contributed by atoms with Crippen molar-refractivity contribution in [3.8, 4) is 0 Å². The molecule has 0 radical (unpaired) electrons. The number of rotatable bonds is 3. The van der Waals surface area contributed by atoms with Crippen molar-refractivity contribution in [3.05, 3.63) is 59.8 Å². The van der Waals surface area contributed by atoms with Crippen molar-refractivity contribution in [3.63, 3.8) is 0 Å². The molecular weight excluding hydrogens is 306 g/mol. The number of aryl methyl sites for hydroxylation is 2. The summed E-state index contributed by atoms with van der Waals surface area (Å²) in [6.45, 7) is 4.05. The molecule has 6 heteroatoms. The molecule has 0 aliphatic rings. The largest absolute Gasteiger partial charge is 0.288 e. The zero-order chi connectivity index (χ0) is 15.8. The summed E-state index contributed by atoms with van der Waals surface area (Å²) in [5.74, 6) is 1.50. The predicted octanol–water partition coefficient (Wildman–Crippen LogP) is 3.58. The topological polar surface area (TPSA) is 56.0 Å². The van der Waals surface area contributed by atoms with E-state index in [9.17, 15) is 0 Å². The van der Waals surface area contributed by atoms with Crippen LogP contribution in [0.25, 0.3) is 16.8 Å². The van der Waals surface area contributed by atoms with Gasteiger partial charge < -0.3 is 0 Å². The molecule has 3 aromatic heterocycles. The molecule has 0 unspecified atom stereocenters. The summed E-state index contributed by atoms with van der Waals surface area (Å²) < 4.78 is 2.02. The number of imidazole rings is 1. The molecule has 0 aliphatic carbocycles. The van der Waals surface area contributed by atoms with E-state index < -0.39 is 0 Å². The molecular formula is C17H15N5S. The maximum Gasteiger partial charge on any atom is 0.234 e. The molecule has 4 rings (SSSR count). The van der Waals surface area contributed by atoms with Gasteiger partial charge in [0.25, 0.3) is 0 Å². The van der Waals surface area contributed by atoms with Crippen molar-refractivity contribution in [2.75, 3.05) is 0 Å². The van der Waals surface area contributed by atoms with Gasteiger partial charge in [-0.25, -0.2) is 15.0 Å². The summed E-state index contributed by atoms with van der Waals surface area (Å²) in [6.07, 6.45) is 3.86. The number of benzene rings is 1. The fourth-order valence-electron chi connectivity index (χ4n) is 2.55. The van der Waals surface area contributed by atoms with Gasteiger partial charge in [-0.1, -0.05) is 23.9 Å². The first-order valence-electron chi connectivity index (χ1n) is 7.36. The Kier molecular flexibility index (Phi) is 3.46. The van der Waals surface area contributed by atoms with Gasteiger partial charge in [0.15, 0.2) is 0 Å². The van der Waals surface area contributed by atoms with Crippen LogP contribution in [0.1, 0.15) is 17.1 Å². The third-order valence-electron chi connectivity index (χ3n) is 3.61. The fourth-order valence-corrected chi connectivity index (χ4v) is 3.27. The zero-order valence-corrected chi connectivity index (χ0v) is 13.7. The third kappa shape index (κ3) is 2.77.